The molecule has 0 radical (unpaired) electrons. The van der Waals surface area contributed by atoms with Crippen LogP contribution in [0.1, 0.15) is 32.4 Å². The molecule has 1 heterocycles. The van der Waals surface area contributed by atoms with Crippen molar-refractivity contribution >= 4 is 0 Å². The minimum absolute atomic E-state index is 0.0108. The number of hydrogen-bond acceptors (Lipinski definition) is 2. The molecule has 0 spiro atoms. The topological polar surface area (TPSA) is 38.0 Å². The molecule has 1 N–H and O–H groups in total. The van der Waals surface area contributed by atoms with Crippen LogP contribution < -0.4 is 0 Å². The van der Waals surface area contributed by atoms with Crippen molar-refractivity contribution in [3.05, 3.63) is 18.0 Å². The van der Waals surface area contributed by atoms with Gasteiger partial charge in [0.15, 0.2) is 0 Å². The molecule has 1 aromatic rings. The van der Waals surface area contributed by atoms with Crippen LogP contribution in [0, 0.1) is 5.41 Å². The van der Waals surface area contributed by atoms with E-state index in [0.717, 1.165) is 25.0 Å². The normalized spacial score (nSPS) is 15.4. The van der Waals surface area contributed by atoms with Gasteiger partial charge in [-0.1, -0.05) is 20.3 Å². The Labute approximate surface area is 85.8 Å². The molecule has 0 aliphatic rings. The molecule has 0 fully saturated rings. The summed E-state index contributed by atoms with van der Waals surface area (Å²) in [4.78, 5) is 0. The van der Waals surface area contributed by atoms with E-state index < -0.39 is 0 Å². The van der Waals surface area contributed by atoms with Crippen LogP contribution >= 0.6 is 0 Å². The fraction of sp³-hybridized carbons (Fsp3) is 0.727. The van der Waals surface area contributed by atoms with Crippen molar-refractivity contribution in [3.8, 4) is 0 Å². The maximum absolute atomic E-state index is 9.35. The first-order valence-corrected chi connectivity index (χ1v) is 5.19. The lowest BCUT2D eigenvalue weighted by molar-refractivity contribution is 0.130. The van der Waals surface area contributed by atoms with E-state index in [1.54, 1.807) is 4.68 Å². The van der Waals surface area contributed by atoms with E-state index in [1.165, 1.54) is 0 Å². The predicted molar refractivity (Wildman–Crippen MR) is 57.0 cm³/mol. The number of hydrogen-bond donors (Lipinski definition) is 1. The van der Waals surface area contributed by atoms with Crippen molar-refractivity contribution in [1.82, 2.24) is 9.78 Å². The smallest absolute Gasteiger partial charge is 0.0630 e. The van der Waals surface area contributed by atoms with Crippen LogP contribution in [0.2, 0.25) is 0 Å². The van der Waals surface area contributed by atoms with Crippen LogP contribution in [0.5, 0.6) is 0 Å². The fourth-order valence-electron chi connectivity index (χ4n) is 1.82. The van der Waals surface area contributed by atoms with E-state index in [1.807, 2.05) is 19.3 Å². The fourth-order valence-corrected chi connectivity index (χ4v) is 1.82. The molecule has 0 aromatic carbocycles. The average Bonchev–Trinajstić information content (AvgIpc) is 2.51. The van der Waals surface area contributed by atoms with E-state index in [4.69, 9.17) is 0 Å². The summed E-state index contributed by atoms with van der Waals surface area (Å²) >= 11 is 0. The Bertz CT molecular complexity index is 283. The van der Waals surface area contributed by atoms with E-state index >= 15 is 0 Å². The van der Waals surface area contributed by atoms with Gasteiger partial charge >= 0.3 is 0 Å². The second-order valence-corrected chi connectivity index (χ2v) is 4.38. The highest BCUT2D eigenvalue weighted by Gasteiger charge is 2.23. The molecule has 0 aliphatic carbocycles. The summed E-state index contributed by atoms with van der Waals surface area (Å²) in [7, 11) is 1.92. The molecule has 0 amide bonds. The van der Waals surface area contributed by atoms with E-state index in [-0.39, 0.29) is 12.0 Å². The van der Waals surface area contributed by atoms with E-state index in [9.17, 15) is 5.11 Å². The molecule has 1 atom stereocenters. The molecule has 0 saturated carbocycles. The number of nitrogens with zero attached hydrogens (tertiary/aromatic N) is 2. The highest BCUT2D eigenvalue weighted by atomic mass is 16.3. The lowest BCUT2D eigenvalue weighted by Crippen LogP contribution is -2.24. The van der Waals surface area contributed by atoms with Crippen molar-refractivity contribution in [2.45, 2.75) is 33.1 Å². The number of aliphatic hydroxyl groups is 1. The summed E-state index contributed by atoms with van der Waals surface area (Å²) in [5, 5.41) is 13.7. The maximum atomic E-state index is 9.35. The van der Waals surface area contributed by atoms with Gasteiger partial charge in [-0.3, -0.25) is 4.68 Å². The third-order valence-electron chi connectivity index (χ3n) is 2.61. The van der Waals surface area contributed by atoms with Crippen molar-refractivity contribution in [2.24, 2.45) is 12.5 Å². The molecule has 3 nitrogen and oxygen atoms in total. The van der Waals surface area contributed by atoms with E-state index in [2.05, 4.69) is 18.9 Å². The van der Waals surface area contributed by atoms with Crippen molar-refractivity contribution in [1.29, 1.82) is 0 Å². The van der Waals surface area contributed by atoms with Gasteiger partial charge in [0.25, 0.3) is 0 Å². The van der Waals surface area contributed by atoms with Crippen molar-refractivity contribution < 1.29 is 5.11 Å². The Balaban J connectivity index is 2.64. The summed E-state index contributed by atoms with van der Waals surface area (Å²) in [6.07, 6.45) is 4.95. The summed E-state index contributed by atoms with van der Waals surface area (Å²) in [6, 6.07) is 2.02. The van der Waals surface area contributed by atoms with Crippen LogP contribution in [0.25, 0.3) is 0 Å². The average molecular weight is 196 g/mol. The van der Waals surface area contributed by atoms with Crippen LogP contribution in [0.15, 0.2) is 12.3 Å². The third-order valence-corrected chi connectivity index (χ3v) is 2.61. The molecule has 14 heavy (non-hydrogen) atoms. The largest absolute Gasteiger partial charge is 0.396 e. The zero-order chi connectivity index (χ0) is 10.6. The summed E-state index contributed by atoms with van der Waals surface area (Å²) in [5.74, 6) is 0. The van der Waals surface area contributed by atoms with Crippen molar-refractivity contribution in [3.63, 3.8) is 0 Å². The quantitative estimate of drug-likeness (QED) is 0.779. The molecule has 1 unspecified atom stereocenters. The Kier molecular flexibility index (Phi) is 3.69. The number of aryl methyl sites for hydroxylation is 1. The Hall–Kier alpha value is -0.830. The standard InChI is InChI=1S/C11H20N2O/c1-4-6-11(2,9-14)8-10-5-7-13(3)12-10/h5,7,14H,4,6,8-9H2,1-3H3. The molecule has 0 saturated heterocycles. The van der Waals surface area contributed by atoms with Crippen LogP contribution in [-0.4, -0.2) is 21.5 Å². The highest BCUT2D eigenvalue weighted by Crippen LogP contribution is 2.26. The SMILES string of the molecule is CCCC(C)(CO)Cc1ccn(C)n1. The van der Waals surface area contributed by atoms with Crippen LogP contribution in [0.3, 0.4) is 0 Å². The number of aromatic nitrogens is 2. The van der Waals surface area contributed by atoms with Gasteiger partial charge in [0.05, 0.1) is 5.69 Å². The Morgan fingerprint density at radius 3 is 2.71 bits per heavy atom. The maximum Gasteiger partial charge on any atom is 0.0630 e. The minimum atomic E-state index is -0.0108. The number of aliphatic hydroxyl groups excluding tert-OH is 1. The molecular weight excluding hydrogens is 176 g/mol. The van der Waals surface area contributed by atoms with Gasteiger partial charge in [0, 0.05) is 19.9 Å². The van der Waals surface area contributed by atoms with Crippen molar-refractivity contribution in [2.75, 3.05) is 6.61 Å². The predicted octanol–water partition coefficient (Wildman–Crippen LogP) is 1.76. The molecule has 0 bridgehead atoms. The summed E-state index contributed by atoms with van der Waals surface area (Å²) < 4.78 is 1.80. The van der Waals surface area contributed by atoms with Gasteiger partial charge in [0.2, 0.25) is 0 Å². The van der Waals surface area contributed by atoms with Gasteiger partial charge in [0.1, 0.15) is 0 Å². The summed E-state index contributed by atoms with van der Waals surface area (Å²) in [5.41, 5.74) is 1.06. The molecular formula is C11H20N2O. The lowest BCUT2D eigenvalue weighted by Gasteiger charge is -2.25. The zero-order valence-corrected chi connectivity index (χ0v) is 9.32. The Morgan fingerprint density at radius 2 is 2.29 bits per heavy atom. The first-order valence-electron chi connectivity index (χ1n) is 5.19. The molecule has 80 valence electrons. The van der Waals surface area contributed by atoms with Gasteiger partial charge in [-0.05, 0) is 24.3 Å². The van der Waals surface area contributed by atoms with Gasteiger partial charge in [-0.15, -0.1) is 0 Å². The number of rotatable bonds is 5. The van der Waals surface area contributed by atoms with Crippen LogP contribution in [0.4, 0.5) is 0 Å². The van der Waals surface area contributed by atoms with Gasteiger partial charge in [-0.25, -0.2) is 0 Å². The first-order chi connectivity index (χ1) is 6.59. The monoisotopic (exact) mass is 196 g/mol. The van der Waals surface area contributed by atoms with E-state index in [0.29, 0.717) is 0 Å². The molecule has 1 rings (SSSR count). The third kappa shape index (κ3) is 2.84. The summed E-state index contributed by atoms with van der Waals surface area (Å²) in [6.45, 7) is 4.49. The molecule has 3 heteroatoms. The van der Waals surface area contributed by atoms with Gasteiger partial charge in [-0.2, -0.15) is 5.10 Å². The second-order valence-electron chi connectivity index (χ2n) is 4.38. The molecule has 1 aromatic heterocycles. The van der Waals surface area contributed by atoms with Crippen LogP contribution in [-0.2, 0) is 13.5 Å². The molecule has 0 aliphatic heterocycles. The van der Waals surface area contributed by atoms with Gasteiger partial charge < -0.3 is 5.11 Å². The Morgan fingerprint density at radius 1 is 1.57 bits per heavy atom. The minimum Gasteiger partial charge on any atom is -0.396 e. The second kappa shape index (κ2) is 4.60. The first kappa shape index (κ1) is 11.2. The lowest BCUT2D eigenvalue weighted by atomic mass is 9.82. The highest BCUT2D eigenvalue weighted by molar-refractivity contribution is 5.02. The zero-order valence-electron chi connectivity index (χ0n) is 9.32.